The molecule has 1 aromatic rings. The minimum atomic E-state index is -0.439. The summed E-state index contributed by atoms with van der Waals surface area (Å²) in [7, 11) is 0. The van der Waals surface area contributed by atoms with Gasteiger partial charge in [-0.15, -0.1) is 0 Å². The number of rotatable bonds is 4. The molecule has 5 nitrogen and oxygen atoms in total. The first-order valence-corrected chi connectivity index (χ1v) is 8.05. The average molecular weight is 322 g/mol. The fraction of sp³-hybridized carbons (Fsp3) is 0.500. The lowest BCUT2D eigenvalue weighted by atomic mass is 10.0. The van der Waals surface area contributed by atoms with Crippen LogP contribution < -0.4 is 5.32 Å². The lowest BCUT2D eigenvalue weighted by Crippen LogP contribution is -2.40. The van der Waals surface area contributed by atoms with Crippen LogP contribution in [0.25, 0.3) is 0 Å². The fourth-order valence-electron chi connectivity index (χ4n) is 3.20. The minimum Gasteiger partial charge on any atom is -0.326 e. The van der Waals surface area contributed by atoms with Gasteiger partial charge in [-0.1, -0.05) is 23.7 Å². The number of benzene rings is 1. The third kappa shape index (κ3) is 2.96. The molecule has 2 heterocycles. The molecule has 2 aliphatic heterocycles. The van der Waals surface area contributed by atoms with E-state index in [9.17, 15) is 9.59 Å². The Labute approximate surface area is 135 Å². The second-order valence-corrected chi connectivity index (χ2v) is 6.37. The molecule has 3 amide bonds. The van der Waals surface area contributed by atoms with Crippen molar-refractivity contribution in [2.24, 2.45) is 0 Å². The molecular weight excluding hydrogens is 302 g/mol. The Balaban J connectivity index is 1.86. The van der Waals surface area contributed by atoms with Crippen molar-refractivity contribution in [3.8, 4) is 0 Å². The summed E-state index contributed by atoms with van der Waals surface area (Å²) in [6, 6.07) is 6.94. The molecule has 2 saturated heterocycles. The zero-order valence-electron chi connectivity index (χ0n) is 12.6. The van der Waals surface area contributed by atoms with Gasteiger partial charge in [0.2, 0.25) is 0 Å². The molecule has 0 aromatic heterocycles. The summed E-state index contributed by atoms with van der Waals surface area (Å²) in [4.78, 5) is 27.8. The van der Waals surface area contributed by atoms with E-state index in [2.05, 4.69) is 10.2 Å². The Bertz CT molecular complexity index is 587. The summed E-state index contributed by atoms with van der Waals surface area (Å²) in [5.41, 5.74) is 1.05. The van der Waals surface area contributed by atoms with Crippen LogP contribution in [0.4, 0.5) is 4.79 Å². The molecule has 22 heavy (non-hydrogen) atoms. The Morgan fingerprint density at radius 1 is 1.32 bits per heavy atom. The summed E-state index contributed by atoms with van der Waals surface area (Å²) in [6.45, 7) is 4.05. The smallest absolute Gasteiger partial charge is 0.324 e. The van der Waals surface area contributed by atoms with Crippen molar-refractivity contribution in [2.45, 2.75) is 31.8 Å². The van der Waals surface area contributed by atoms with Crippen LogP contribution in [0.5, 0.6) is 0 Å². The largest absolute Gasteiger partial charge is 0.326 e. The number of nitrogens with zero attached hydrogens (tertiary/aromatic N) is 2. The normalized spacial score (nSPS) is 23.9. The van der Waals surface area contributed by atoms with Crippen LogP contribution in [0.15, 0.2) is 24.3 Å². The molecular formula is C16H20ClN3O2. The van der Waals surface area contributed by atoms with E-state index >= 15 is 0 Å². The highest BCUT2D eigenvalue weighted by Crippen LogP contribution is 2.28. The molecule has 2 aliphatic rings. The fourth-order valence-corrected chi connectivity index (χ4v) is 3.40. The van der Waals surface area contributed by atoms with Crippen LogP contribution in [0.3, 0.4) is 0 Å². The average Bonchev–Trinajstić information content (AvgIpc) is 3.08. The van der Waals surface area contributed by atoms with Gasteiger partial charge < -0.3 is 5.32 Å². The second kappa shape index (κ2) is 6.26. The van der Waals surface area contributed by atoms with E-state index in [1.54, 1.807) is 6.92 Å². The Kier molecular flexibility index (Phi) is 4.36. The van der Waals surface area contributed by atoms with E-state index in [-0.39, 0.29) is 18.0 Å². The van der Waals surface area contributed by atoms with E-state index in [4.69, 9.17) is 11.6 Å². The van der Waals surface area contributed by atoms with Crippen LogP contribution in [-0.2, 0) is 4.79 Å². The molecule has 0 bridgehead atoms. The molecule has 0 aliphatic carbocycles. The summed E-state index contributed by atoms with van der Waals surface area (Å²) >= 11 is 6.11. The van der Waals surface area contributed by atoms with Crippen molar-refractivity contribution in [3.63, 3.8) is 0 Å². The lowest BCUT2D eigenvalue weighted by molar-refractivity contribution is -0.127. The van der Waals surface area contributed by atoms with Crippen LogP contribution in [0.1, 0.15) is 31.4 Å². The topological polar surface area (TPSA) is 52.7 Å². The van der Waals surface area contributed by atoms with Gasteiger partial charge >= 0.3 is 6.03 Å². The van der Waals surface area contributed by atoms with E-state index in [1.165, 1.54) is 4.90 Å². The zero-order valence-corrected chi connectivity index (χ0v) is 13.3. The van der Waals surface area contributed by atoms with Gasteiger partial charge in [0.25, 0.3) is 5.91 Å². The first kappa shape index (κ1) is 15.3. The van der Waals surface area contributed by atoms with Crippen molar-refractivity contribution in [1.82, 2.24) is 15.1 Å². The number of carbonyl (C=O) groups is 2. The van der Waals surface area contributed by atoms with Crippen LogP contribution in [0, 0.1) is 0 Å². The third-order valence-electron chi connectivity index (χ3n) is 4.39. The van der Waals surface area contributed by atoms with Crippen LogP contribution in [0.2, 0.25) is 5.02 Å². The Hall–Kier alpha value is -1.59. The number of imide groups is 1. The Morgan fingerprint density at radius 3 is 2.64 bits per heavy atom. The van der Waals surface area contributed by atoms with E-state index in [0.29, 0.717) is 11.6 Å². The lowest BCUT2D eigenvalue weighted by Gasteiger charge is -2.30. The summed E-state index contributed by atoms with van der Waals surface area (Å²) < 4.78 is 0. The molecule has 3 rings (SSSR count). The number of likely N-dealkylation sites (tertiary alicyclic amines) is 1. The van der Waals surface area contributed by atoms with Gasteiger partial charge in [-0.3, -0.25) is 14.6 Å². The summed E-state index contributed by atoms with van der Waals surface area (Å²) in [5, 5.41) is 3.34. The maximum atomic E-state index is 12.2. The standard InChI is InChI=1S/C16H20ClN3O2/c1-11-15(21)20(16(22)18-11)10-14(19-7-2-3-8-19)12-5-4-6-13(17)9-12/h4-6,9,11,14H,2-3,7-8,10H2,1H3,(H,18,22). The predicted molar refractivity (Wildman–Crippen MR) is 84.7 cm³/mol. The van der Waals surface area contributed by atoms with Gasteiger partial charge in [0.15, 0.2) is 0 Å². The van der Waals surface area contributed by atoms with Gasteiger partial charge in [0, 0.05) is 5.02 Å². The SMILES string of the molecule is CC1NC(=O)N(CC(c2cccc(Cl)c2)N2CCCC2)C1=O. The minimum absolute atomic E-state index is 0.00111. The number of hydrogen-bond acceptors (Lipinski definition) is 3. The highest BCUT2D eigenvalue weighted by atomic mass is 35.5. The van der Waals surface area contributed by atoms with Crippen LogP contribution >= 0.6 is 11.6 Å². The van der Waals surface area contributed by atoms with Gasteiger partial charge in [-0.25, -0.2) is 4.79 Å². The van der Waals surface area contributed by atoms with Crippen molar-refractivity contribution in [1.29, 1.82) is 0 Å². The highest BCUT2D eigenvalue weighted by molar-refractivity contribution is 6.30. The Morgan fingerprint density at radius 2 is 2.05 bits per heavy atom. The molecule has 2 atom stereocenters. The van der Waals surface area contributed by atoms with Gasteiger partial charge in [0.1, 0.15) is 6.04 Å². The molecule has 118 valence electrons. The molecule has 0 radical (unpaired) electrons. The quantitative estimate of drug-likeness (QED) is 0.867. The van der Waals surface area contributed by atoms with Crippen LogP contribution in [-0.4, -0.2) is 47.4 Å². The monoisotopic (exact) mass is 321 g/mol. The summed E-state index contributed by atoms with van der Waals surface area (Å²) in [5.74, 6) is -0.156. The van der Waals surface area contributed by atoms with Crippen molar-refractivity contribution in [2.75, 3.05) is 19.6 Å². The second-order valence-electron chi connectivity index (χ2n) is 5.93. The maximum Gasteiger partial charge on any atom is 0.324 e. The van der Waals surface area contributed by atoms with Gasteiger partial charge in [0.05, 0.1) is 12.6 Å². The van der Waals surface area contributed by atoms with Crippen molar-refractivity contribution < 1.29 is 9.59 Å². The van der Waals surface area contributed by atoms with Gasteiger partial charge in [-0.2, -0.15) is 0 Å². The molecule has 2 unspecified atom stereocenters. The number of hydrogen-bond donors (Lipinski definition) is 1. The maximum absolute atomic E-state index is 12.2. The zero-order chi connectivity index (χ0) is 15.7. The third-order valence-corrected chi connectivity index (χ3v) is 4.63. The van der Waals surface area contributed by atoms with Crippen molar-refractivity contribution in [3.05, 3.63) is 34.9 Å². The number of urea groups is 1. The highest BCUT2D eigenvalue weighted by Gasteiger charge is 2.38. The van der Waals surface area contributed by atoms with Crippen molar-refractivity contribution >= 4 is 23.5 Å². The molecule has 0 saturated carbocycles. The van der Waals surface area contributed by atoms with E-state index < -0.39 is 6.04 Å². The van der Waals surface area contributed by atoms with Gasteiger partial charge in [-0.05, 0) is 50.6 Å². The van der Waals surface area contributed by atoms with E-state index in [1.807, 2.05) is 24.3 Å². The molecule has 1 N–H and O–H groups in total. The summed E-state index contributed by atoms with van der Waals surface area (Å²) in [6.07, 6.45) is 2.29. The number of nitrogens with one attached hydrogen (secondary N) is 1. The molecule has 1 aromatic carbocycles. The number of carbonyl (C=O) groups excluding carboxylic acids is 2. The first-order valence-electron chi connectivity index (χ1n) is 7.67. The predicted octanol–water partition coefficient (Wildman–Crippen LogP) is 2.42. The molecule has 0 spiro atoms. The molecule has 2 fully saturated rings. The first-order chi connectivity index (χ1) is 10.6. The number of amides is 3. The van der Waals surface area contributed by atoms with E-state index in [0.717, 1.165) is 31.5 Å². The molecule has 6 heteroatoms. The number of halogens is 1.